The van der Waals surface area contributed by atoms with Gasteiger partial charge < -0.3 is 20.1 Å². The van der Waals surface area contributed by atoms with E-state index in [-0.39, 0.29) is 12.6 Å². The van der Waals surface area contributed by atoms with Crippen LogP contribution in [0.4, 0.5) is 14.5 Å². The Hall–Kier alpha value is -3.04. The third kappa shape index (κ3) is 5.52. The van der Waals surface area contributed by atoms with Crippen LogP contribution in [0.25, 0.3) is 0 Å². The highest BCUT2D eigenvalue weighted by atomic mass is 19.1. The molecule has 1 atom stereocenters. The summed E-state index contributed by atoms with van der Waals surface area (Å²) in [6, 6.07) is 9.86. The molecule has 1 aliphatic heterocycles. The third-order valence-corrected chi connectivity index (χ3v) is 4.83. The number of morpholine rings is 1. The molecule has 0 bridgehead atoms. The van der Waals surface area contributed by atoms with Gasteiger partial charge in [-0.1, -0.05) is 12.1 Å². The van der Waals surface area contributed by atoms with Crippen LogP contribution in [0.15, 0.2) is 42.5 Å². The van der Waals surface area contributed by atoms with Gasteiger partial charge in [0.05, 0.1) is 32.1 Å². The summed E-state index contributed by atoms with van der Waals surface area (Å²) in [5, 5.41) is 4.67. The second-order valence-electron chi connectivity index (χ2n) is 6.73. The molecular weight excluding hydrogens is 396 g/mol. The standard InChI is InChI=1S/C21H23F2N3O4/c1-29-16-5-2-14(3-6-16)19(26-8-10-30-11-9-26)13-24-20(27)21(28)25-18-12-15(22)4-7-17(18)23/h2-7,12,19H,8-11,13H2,1H3,(H,24,27)(H,25,28)/t19-/m1/s1. The quantitative estimate of drug-likeness (QED) is 0.701. The Balaban J connectivity index is 1.66. The number of carbonyl (C=O) groups excluding carboxylic acids is 2. The van der Waals surface area contributed by atoms with Gasteiger partial charge in [0, 0.05) is 25.7 Å². The van der Waals surface area contributed by atoms with Crippen LogP contribution in [0.5, 0.6) is 5.75 Å². The van der Waals surface area contributed by atoms with Gasteiger partial charge in [0.1, 0.15) is 17.4 Å². The van der Waals surface area contributed by atoms with Crippen LogP contribution < -0.4 is 15.4 Å². The van der Waals surface area contributed by atoms with Crippen molar-refractivity contribution in [3.63, 3.8) is 0 Å². The van der Waals surface area contributed by atoms with Gasteiger partial charge in [-0.05, 0) is 29.8 Å². The highest BCUT2D eigenvalue weighted by Gasteiger charge is 2.25. The Morgan fingerprint density at radius 2 is 1.80 bits per heavy atom. The van der Waals surface area contributed by atoms with Crippen LogP contribution in [0.3, 0.4) is 0 Å². The molecule has 0 aromatic heterocycles. The number of carbonyl (C=O) groups is 2. The Morgan fingerprint density at radius 1 is 1.10 bits per heavy atom. The minimum atomic E-state index is -1.07. The summed E-state index contributed by atoms with van der Waals surface area (Å²) in [5.41, 5.74) is 0.546. The molecule has 7 nitrogen and oxygen atoms in total. The minimum Gasteiger partial charge on any atom is -0.497 e. The number of ether oxygens (including phenoxy) is 2. The summed E-state index contributed by atoms with van der Waals surface area (Å²) >= 11 is 0. The van der Waals surface area contributed by atoms with Crippen molar-refractivity contribution in [3.8, 4) is 5.75 Å². The normalized spacial score (nSPS) is 15.3. The number of hydrogen-bond acceptors (Lipinski definition) is 5. The monoisotopic (exact) mass is 419 g/mol. The van der Waals surface area contributed by atoms with E-state index in [2.05, 4.69) is 15.5 Å². The van der Waals surface area contributed by atoms with E-state index in [4.69, 9.17) is 9.47 Å². The van der Waals surface area contributed by atoms with Crippen molar-refractivity contribution < 1.29 is 27.8 Å². The minimum absolute atomic E-state index is 0.157. The molecule has 30 heavy (non-hydrogen) atoms. The van der Waals surface area contributed by atoms with E-state index >= 15 is 0 Å². The predicted octanol–water partition coefficient (Wildman–Crippen LogP) is 2.10. The van der Waals surface area contributed by atoms with Crippen molar-refractivity contribution in [3.05, 3.63) is 59.7 Å². The fraction of sp³-hybridized carbons (Fsp3) is 0.333. The molecule has 2 aromatic rings. The van der Waals surface area contributed by atoms with Crippen molar-refractivity contribution in [2.45, 2.75) is 6.04 Å². The first-order chi connectivity index (χ1) is 14.5. The number of amides is 2. The van der Waals surface area contributed by atoms with E-state index in [9.17, 15) is 18.4 Å². The Labute approximate surface area is 173 Å². The number of nitrogens with zero attached hydrogens (tertiary/aromatic N) is 1. The maximum absolute atomic E-state index is 13.7. The zero-order valence-corrected chi connectivity index (χ0v) is 16.5. The molecule has 0 unspecified atom stereocenters. The van der Waals surface area contributed by atoms with Gasteiger partial charge in [0.15, 0.2) is 0 Å². The third-order valence-electron chi connectivity index (χ3n) is 4.83. The van der Waals surface area contributed by atoms with Crippen LogP contribution in [0, 0.1) is 11.6 Å². The van der Waals surface area contributed by atoms with Gasteiger partial charge in [0.2, 0.25) is 0 Å². The van der Waals surface area contributed by atoms with Crippen molar-refractivity contribution in [1.29, 1.82) is 0 Å². The molecule has 0 aliphatic carbocycles. The van der Waals surface area contributed by atoms with E-state index in [0.29, 0.717) is 32.1 Å². The fourth-order valence-electron chi connectivity index (χ4n) is 3.21. The molecule has 160 valence electrons. The summed E-state index contributed by atoms with van der Waals surface area (Å²) < 4.78 is 37.5. The van der Waals surface area contributed by atoms with Gasteiger partial charge >= 0.3 is 11.8 Å². The zero-order valence-electron chi connectivity index (χ0n) is 16.5. The summed E-state index contributed by atoms with van der Waals surface area (Å²) in [6.07, 6.45) is 0. The molecular formula is C21H23F2N3O4. The molecule has 1 fully saturated rings. The Bertz CT molecular complexity index is 886. The molecule has 2 amide bonds. The molecule has 1 saturated heterocycles. The topological polar surface area (TPSA) is 79.9 Å². The lowest BCUT2D eigenvalue weighted by atomic mass is 10.0. The Kier molecular flexibility index (Phi) is 7.31. The summed E-state index contributed by atoms with van der Waals surface area (Å²) in [4.78, 5) is 26.5. The van der Waals surface area contributed by atoms with E-state index in [1.807, 2.05) is 24.3 Å². The fourth-order valence-corrected chi connectivity index (χ4v) is 3.21. The highest BCUT2D eigenvalue weighted by molar-refractivity contribution is 6.39. The lowest BCUT2D eigenvalue weighted by Crippen LogP contribution is -2.45. The maximum Gasteiger partial charge on any atom is 0.313 e. The molecule has 1 aliphatic rings. The number of hydrogen-bond donors (Lipinski definition) is 2. The summed E-state index contributed by atoms with van der Waals surface area (Å²) in [6.45, 7) is 2.64. The number of benzene rings is 2. The SMILES string of the molecule is COc1ccc([C@@H](CNC(=O)C(=O)Nc2cc(F)ccc2F)N2CCOCC2)cc1. The number of anilines is 1. The second kappa shape index (κ2) is 10.1. The van der Waals surface area contributed by atoms with Crippen LogP contribution in [-0.2, 0) is 14.3 Å². The van der Waals surface area contributed by atoms with Crippen LogP contribution in [0.2, 0.25) is 0 Å². The first-order valence-electron chi connectivity index (χ1n) is 9.48. The van der Waals surface area contributed by atoms with E-state index in [1.54, 1.807) is 7.11 Å². The molecule has 2 aromatic carbocycles. The van der Waals surface area contributed by atoms with Crippen LogP contribution >= 0.6 is 0 Å². The Morgan fingerprint density at radius 3 is 2.47 bits per heavy atom. The molecule has 0 radical (unpaired) electrons. The highest BCUT2D eigenvalue weighted by Crippen LogP contribution is 2.23. The molecule has 0 saturated carbocycles. The molecule has 3 rings (SSSR count). The van der Waals surface area contributed by atoms with Gasteiger partial charge in [-0.25, -0.2) is 8.78 Å². The summed E-state index contributed by atoms with van der Waals surface area (Å²) in [5.74, 6) is -2.86. The number of methoxy groups -OCH3 is 1. The van der Waals surface area contributed by atoms with Gasteiger partial charge in [-0.15, -0.1) is 0 Å². The smallest absolute Gasteiger partial charge is 0.313 e. The predicted molar refractivity (Wildman–Crippen MR) is 106 cm³/mol. The first-order valence-corrected chi connectivity index (χ1v) is 9.48. The average Bonchev–Trinajstić information content (AvgIpc) is 2.77. The second-order valence-corrected chi connectivity index (χ2v) is 6.73. The summed E-state index contributed by atoms with van der Waals surface area (Å²) in [7, 11) is 1.58. The van der Waals surface area contributed by atoms with Crippen LogP contribution in [-0.4, -0.2) is 56.7 Å². The first kappa shape index (κ1) is 21.7. The lowest BCUT2D eigenvalue weighted by molar-refractivity contribution is -0.136. The van der Waals surface area contributed by atoms with Gasteiger partial charge in [-0.3, -0.25) is 14.5 Å². The molecule has 0 spiro atoms. The average molecular weight is 419 g/mol. The van der Waals surface area contributed by atoms with Crippen molar-refractivity contribution in [1.82, 2.24) is 10.2 Å². The number of rotatable bonds is 6. The van der Waals surface area contributed by atoms with Crippen molar-refractivity contribution in [2.75, 3.05) is 45.3 Å². The molecule has 1 heterocycles. The van der Waals surface area contributed by atoms with Gasteiger partial charge in [0.25, 0.3) is 0 Å². The number of halogens is 2. The molecule has 9 heteroatoms. The van der Waals surface area contributed by atoms with Crippen LogP contribution in [0.1, 0.15) is 11.6 Å². The zero-order chi connectivity index (χ0) is 21.5. The largest absolute Gasteiger partial charge is 0.497 e. The molecule has 2 N–H and O–H groups in total. The van der Waals surface area contributed by atoms with Gasteiger partial charge in [-0.2, -0.15) is 0 Å². The van der Waals surface area contributed by atoms with E-state index in [0.717, 1.165) is 23.8 Å². The lowest BCUT2D eigenvalue weighted by Gasteiger charge is -2.34. The maximum atomic E-state index is 13.7. The van der Waals surface area contributed by atoms with Crippen molar-refractivity contribution in [2.24, 2.45) is 0 Å². The van der Waals surface area contributed by atoms with Crippen molar-refractivity contribution >= 4 is 17.5 Å². The van der Waals surface area contributed by atoms with E-state index < -0.39 is 29.1 Å². The van der Waals surface area contributed by atoms with E-state index in [1.165, 1.54) is 0 Å². The number of nitrogens with one attached hydrogen (secondary N) is 2.